The Kier molecular flexibility index (Phi) is 4.79. The summed E-state index contributed by atoms with van der Waals surface area (Å²) in [5, 5.41) is 0. The highest BCUT2D eigenvalue weighted by atomic mass is 16.1. The van der Waals surface area contributed by atoms with Crippen molar-refractivity contribution in [1.82, 2.24) is 4.90 Å². The van der Waals surface area contributed by atoms with Gasteiger partial charge in [0.2, 0.25) is 5.78 Å². The molecule has 0 aromatic heterocycles. The molecule has 0 bridgehead atoms. The van der Waals surface area contributed by atoms with E-state index in [2.05, 4.69) is 27.4 Å². The third-order valence-corrected chi connectivity index (χ3v) is 7.74. The second-order valence-corrected chi connectivity index (χ2v) is 9.41. The van der Waals surface area contributed by atoms with Crippen LogP contribution in [0.5, 0.6) is 0 Å². The third kappa shape index (κ3) is 2.90. The number of likely N-dealkylation sites (N-methyl/N-ethyl adjacent to an activating group) is 1. The molecule has 3 rings (SSSR count). The summed E-state index contributed by atoms with van der Waals surface area (Å²) in [6, 6.07) is 0. The minimum atomic E-state index is -0.0637. The first-order valence-electron chi connectivity index (χ1n) is 9.96. The molecule has 2 saturated carbocycles. The van der Waals surface area contributed by atoms with Crippen LogP contribution in [0.4, 0.5) is 0 Å². The van der Waals surface area contributed by atoms with E-state index < -0.39 is 0 Å². The zero-order chi connectivity index (χ0) is 19.3. The Hall–Kier alpha value is -1.64. The molecule has 0 unspecified atom stereocenters. The molecule has 3 heteroatoms. The van der Waals surface area contributed by atoms with E-state index in [4.69, 9.17) is 0 Å². The summed E-state index contributed by atoms with van der Waals surface area (Å²) >= 11 is 0. The fourth-order valence-electron chi connectivity index (χ4n) is 5.78. The number of hydrogen-bond donors (Lipinski definition) is 0. The maximum Gasteiger partial charge on any atom is 0.205 e. The number of Topliss-reactive ketones (excluding diaryl/α,β-unsaturated/α-hetero) is 1. The zero-order valence-electron chi connectivity index (χ0n) is 17.0. The molecule has 3 aliphatic carbocycles. The van der Waals surface area contributed by atoms with Crippen molar-refractivity contribution in [3.05, 3.63) is 35.6 Å². The lowest BCUT2D eigenvalue weighted by Crippen LogP contribution is -2.50. The molecule has 0 radical (unpaired) electrons. The van der Waals surface area contributed by atoms with Crippen LogP contribution in [-0.2, 0) is 9.59 Å². The van der Waals surface area contributed by atoms with E-state index in [1.807, 2.05) is 14.1 Å². The average molecular weight is 356 g/mol. The highest BCUT2D eigenvalue weighted by Gasteiger charge is 2.54. The Morgan fingerprint density at radius 2 is 1.88 bits per heavy atom. The zero-order valence-corrected chi connectivity index (χ0v) is 17.0. The van der Waals surface area contributed by atoms with Crippen LogP contribution < -0.4 is 0 Å². The van der Waals surface area contributed by atoms with Gasteiger partial charge in [-0.15, -0.1) is 0 Å². The number of ketones is 2. The van der Waals surface area contributed by atoms with Gasteiger partial charge >= 0.3 is 0 Å². The molecule has 0 amide bonds. The maximum atomic E-state index is 13.0. The lowest BCUT2D eigenvalue weighted by atomic mass is 9.46. The Morgan fingerprint density at radius 3 is 2.54 bits per heavy atom. The van der Waals surface area contributed by atoms with Gasteiger partial charge in [-0.25, -0.2) is 0 Å². The lowest BCUT2D eigenvalue weighted by Gasteiger charge is -2.59. The van der Waals surface area contributed by atoms with Crippen molar-refractivity contribution in [2.24, 2.45) is 22.7 Å². The van der Waals surface area contributed by atoms with Crippen molar-refractivity contribution in [1.29, 1.82) is 0 Å². The third-order valence-electron chi connectivity index (χ3n) is 7.74. The van der Waals surface area contributed by atoms with Crippen molar-refractivity contribution in [3.63, 3.8) is 0 Å². The summed E-state index contributed by atoms with van der Waals surface area (Å²) in [6.45, 7) is 11.5. The maximum absolute atomic E-state index is 13.0. The van der Waals surface area contributed by atoms with Crippen molar-refractivity contribution in [2.45, 2.75) is 59.3 Å². The topological polar surface area (TPSA) is 37.4 Å². The summed E-state index contributed by atoms with van der Waals surface area (Å²) in [7, 11) is 3.65. The van der Waals surface area contributed by atoms with E-state index in [-0.39, 0.29) is 22.4 Å². The molecule has 3 aliphatic rings. The number of carbonyl (C=O) groups excluding carboxylic acids is 2. The van der Waals surface area contributed by atoms with Crippen molar-refractivity contribution in [3.8, 4) is 0 Å². The monoisotopic (exact) mass is 355 g/mol. The first kappa shape index (κ1) is 19.1. The van der Waals surface area contributed by atoms with Gasteiger partial charge in [-0.05, 0) is 67.3 Å². The number of fused-ring (bicyclic) bond motifs is 1. The van der Waals surface area contributed by atoms with Gasteiger partial charge in [-0.2, -0.15) is 0 Å². The normalized spacial score (nSPS) is 37.8. The van der Waals surface area contributed by atoms with Gasteiger partial charge in [-0.3, -0.25) is 9.59 Å². The SMILES string of the molecule is C=C1CCC[C@H]2[C@](C)(CC3=CC(=O)C=C(N(C)C)C3=O)[C@@H](C)CC[C@]12C. The molecule has 3 nitrogen and oxygen atoms in total. The standard InChI is InChI=1S/C23H33NO2/c1-15-8-7-9-20-22(15,3)11-10-16(2)23(20,4)14-17-12-18(25)13-19(21(17)26)24(5)6/h12-13,16,20H,1,7-11,14H2,2-6H3/t16-,20+,22+,23+/m0/s1. The van der Waals surface area contributed by atoms with Crippen LogP contribution in [0.1, 0.15) is 59.3 Å². The Labute approximate surface area is 158 Å². The fraction of sp³-hybridized carbons (Fsp3) is 0.652. The second-order valence-electron chi connectivity index (χ2n) is 9.41. The molecular formula is C23H33NO2. The summed E-state index contributed by atoms with van der Waals surface area (Å²) in [4.78, 5) is 27.0. The van der Waals surface area contributed by atoms with Crippen LogP contribution in [0.2, 0.25) is 0 Å². The predicted octanol–water partition coefficient (Wildman–Crippen LogP) is 4.70. The number of hydrogen-bond acceptors (Lipinski definition) is 3. The van der Waals surface area contributed by atoms with Gasteiger partial charge in [0.25, 0.3) is 0 Å². The van der Waals surface area contributed by atoms with Gasteiger partial charge in [0, 0.05) is 25.7 Å². The van der Waals surface area contributed by atoms with Crippen molar-refractivity contribution < 1.29 is 9.59 Å². The van der Waals surface area contributed by atoms with E-state index in [0.717, 1.165) is 12.8 Å². The second kappa shape index (κ2) is 6.51. The van der Waals surface area contributed by atoms with Crippen LogP contribution >= 0.6 is 0 Å². The van der Waals surface area contributed by atoms with E-state index >= 15 is 0 Å². The minimum absolute atomic E-state index is 0.0185. The van der Waals surface area contributed by atoms with E-state index in [0.29, 0.717) is 29.5 Å². The van der Waals surface area contributed by atoms with Crippen LogP contribution in [0.15, 0.2) is 35.6 Å². The summed E-state index contributed by atoms with van der Waals surface area (Å²) in [5.74, 6) is 1.01. The van der Waals surface area contributed by atoms with E-state index in [9.17, 15) is 9.59 Å². The molecular weight excluding hydrogens is 322 g/mol. The number of rotatable bonds is 3. The predicted molar refractivity (Wildman–Crippen MR) is 106 cm³/mol. The van der Waals surface area contributed by atoms with Crippen LogP contribution in [-0.4, -0.2) is 30.6 Å². The van der Waals surface area contributed by atoms with Gasteiger partial charge in [0.1, 0.15) is 0 Å². The molecule has 0 aliphatic heterocycles. The van der Waals surface area contributed by atoms with E-state index in [1.54, 1.807) is 11.0 Å². The quantitative estimate of drug-likeness (QED) is 0.544. The molecule has 142 valence electrons. The number of carbonyl (C=O) groups is 2. The Bertz CT molecular complexity index is 714. The highest BCUT2D eigenvalue weighted by molar-refractivity contribution is 6.19. The average Bonchev–Trinajstić information content (AvgIpc) is 2.56. The van der Waals surface area contributed by atoms with Gasteiger partial charge in [-0.1, -0.05) is 32.9 Å². The molecule has 0 spiro atoms. The van der Waals surface area contributed by atoms with Crippen LogP contribution in [0.25, 0.3) is 0 Å². The van der Waals surface area contributed by atoms with Gasteiger partial charge in [0.05, 0.1) is 5.70 Å². The molecule has 4 atom stereocenters. The molecule has 0 N–H and O–H groups in total. The molecule has 0 saturated heterocycles. The number of nitrogens with zero attached hydrogens (tertiary/aromatic N) is 1. The van der Waals surface area contributed by atoms with Crippen molar-refractivity contribution in [2.75, 3.05) is 14.1 Å². The molecule has 0 aromatic carbocycles. The summed E-state index contributed by atoms with van der Waals surface area (Å²) < 4.78 is 0. The van der Waals surface area contributed by atoms with Gasteiger partial charge < -0.3 is 4.90 Å². The largest absolute Gasteiger partial charge is 0.374 e. The molecule has 2 fully saturated rings. The first-order chi connectivity index (χ1) is 12.1. The minimum Gasteiger partial charge on any atom is -0.374 e. The molecule has 0 aromatic rings. The Balaban J connectivity index is 1.95. The fourth-order valence-corrected chi connectivity index (χ4v) is 5.78. The van der Waals surface area contributed by atoms with Crippen LogP contribution in [0, 0.1) is 22.7 Å². The molecule has 26 heavy (non-hydrogen) atoms. The number of allylic oxidation sites excluding steroid dienone is 4. The Morgan fingerprint density at radius 1 is 1.19 bits per heavy atom. The van der Waals surface area contributed by atoms with E-state index in [1.165, 1.54) is 30.9 Å². The van der Waals surface area contributed by atoms with Gasteiger partial charge in [0.15, 0.2) is 5.78 Å². The molecule has 0 heterocycles. The van der Waals surface area contributed by atoms with Crippen molar-refractivity contribution >= 4 is 11.6 Å². The summed E-state index contributed by atoms with van der Waals surface area (Å²) in [6.07, 6.45) is 9.61. The van der Waals surface area contributed by atoms with Crippen LogP contribution in [0.3, 0.4) is 0 Å². The summed E-state index contributed by atoms with van der Waals surface area (Å²) in [5.41, 5.74) is 2.78. The smallest absolute Gasteiger partial charge is 0.205 e. The lowest BCUT2D eigenvalue weighted by molar-refractivity contribution is -0.117. The highest BCUT2D eigenvalue weighted by Crippen LogP contribution is 2.63. The first-order valence-corrected chi connectivity index (χ1v) is 9.96.